The van der Waals surface area contributed by atoms with E-state index in [1.54, 1.807) is 12.4 Å². The van der Waals surface area contributed by atoms with Crippen LogP contribution in [-0.4, -0.2) is 40.6 Å². The molecule has 2 aromatic rings. The Morgan fingerprint density at radius 2 is 1.96 bits per heavy atom. The van der Waals surface area contributed by atoms with E-state index < -0.39 is 0 Å². The minimum atomic E-state index is -0.0351. The van der Waals surface area contributed by atoms with E-state index in [1.807, 2.05) is 16.8 Å². The maximum atomic E-state index is 6.45. The molecule has 2 aromatic heterocycles. The lowest BCUT2D eigenvalue weighted by molar-refractivity contribution is -0.0384. The van der Waals surface area contributed by atoms with E-state index in [2.05, 4.69) is 15.4 Å². The molecule has 0 spiro atoms. The normalized spacial score (nSPS) is 22.0. The standard InChI is InChI=1S/C18H25N5O2/c19-17-14(22-13-6-11-24-12-7-13)4-8-20-18(17)15-5-9-21-23(15)16-3-1-2-10-25-16/h4-5,8-9,13,16H,1-3,6-7,10-12,19H2,(H,20,22). The molecule has 0 saturated carbocycles. The fraction of sp³-hybridized carbons (Fsp3) is 0.556. The summed E-state index contributed by atoms with van der Waals surface area (Å²) in [7, 11) is 0. The highest BCUT2D eigenvalue weighted by molar-refractivity contribution is 5.81. The van der Waals surface area contributed by atoms with Crippen molar-refractivity contribution >= 4 is 11.4 Å². The molecule has 0 amide bonds. The molecule has 2 aliphatic heterocycles. The molecule has 1 unspecified atom stereocenters. The van der Waals surface area contributed by atoms with Crippen LogP contribution in [0.2, 0.25) is 0 Å². The molecular formula is C18H25N5O2. The second kappa shape index (κ2) is 7.41. The Labute approximate surface area is 147 Å². The zero-order valence-electron chi connectivity index (χ0n) is 14.4. The van der Waals surface area contributed by atoms with Crippen LogP contribution in [0.3, 0.4) is 0 Å². The van der Waals surface area contributed by atoms with E-state index in [9.17, 15) is 0 Å². The largest absolute Gasteiger partial charge is 0.395 e. The van der Waals surface area contributed by atoms with Gasteiger partial charge in [0.25, 0.3) is 0 Å². The number of nitrogen functional groups attached to an aromatic ring is 1. The highest BCUT2D eigenvalue weighted by Gasteiger charge is 2.22. The molecule has 0 aliphatic carbocycles. The number of hydrogen-bond donors (Lipinski definition) is 2. The Balaban J connectivity index is 1.60. The molecular weight excluding hydrogens is 318 g/mol. The Kier molecular flexibility index (Phi) is 4.85. The highest BCUT2D eigenvalue weighted by atomic mass is 16.5. The summed E-state index contributed by atoms with van der Waals surface area (Å²) in [5, 5.41) is 8.01. The molecule has 134 valence electrons. The minimum Gasteiger partial charge on any atom is -0.395 e. The van der Waals surface area contributed by atoms with Gasteiger partial charge in [-0.15, -0.1) is 0 Å². The van der Waals surface area contributed by atoms with Crippen molar-refractivity contribution in [2.24, 2.45) is 0 Å². The van der Waals surface area contributed by atoms with Gasteiger partial charge in [-0.3, -0.25) is 4.98 Å². The van der Waals surface area contributed by atoms with Gasteiger partial charge in [-0.2, -0.15) is 5.10 Å². The summed E-state index contributed by atoms with van der Waals surface area (Å²) in [6.45, 7) is 2.36. The van der Waals surface area contributed by atoms with Crippen molar-refractivity contribution in [1.29, 1.82) is 0 Å². The van der Waals surface area contributed by atoms with Crippen LogP contribution in [0.4, 0.5) is 11.4 Å². The maximum absolute atomic E-state index is 6.45. The molecule has 2 saturated heterocycles. The number of nitrogens with two attached hydrogens (primary N) is 1. The van der Waals surface area contributed by atoms with Crippen LogP contribution in [-0.2, 0) is 9.47 Å². The Morgan fingerprint density at radius 1 is 1.08 bits per heavy atom. The molecule has 4 rings (SSSR count). The molecule has 0 bridgehead atoms. The van der Waals surface area contributed by atoms with Gasteiger partial charge in [-0.1, -0.05) is 0 Å². The van der Waals surface area contributed by atoms with Crippen molar-refractivity contribution in [2.45, 2.75) is 44.4 Å². The lowest BCUT2D eigenvalue weighted by Crippen LogP contribution is -2.28. The lowest BCUT2D eigenvalue weighted by Gasteiger charge is -2.26. The molecule has 4 heterocycles. The predicted octanol–water partition coefficient (Wildman–Crippen LogP) is 2.82. The van der Waals surface area contributed by atoms with E-state index in [-0.39, 0.29) is 6.23 Å². The molecule has 1 atom stereocenters. The Bertz CT molecular complexity index is 705. The Morgan fingerprint density at radius 3 is 2.76 bits per heavy atom. The number of pyridine rings is 1. The molecule has 0 radical (unpaired) electrons. The average Bonchev–Trinajstić information content (AvgIpc) is 3.15. The minimum absolute atomic E-state index is 0.0351. The summed E-state index contributed by atoms with van der Waals surface area (Å²) in [6, 6.07) is 4.28. The van der Waals surface area contributed by atoms with Gasteiger partial charge >= 0.3 is 0 Å². The number of ether oxygens (including phenoxy) is 2. The van der Waals surface area contributed by atoms with E-state index in [4.69, 9.17) is 15.2 Å². The quantitative estimate of drug-likeness (QED) is 0.888. The second-order valence-electron chi connectivity index (χ2n) is 6.63. The first-order valence-corrected chi connectivity index (χ1v) is 9.07. The van der Waals surface area contributed by atoms with Crippen molar-refractivity contribution in [1.82, 2.24) is 14.8 Å². The van der Waals surface area contributed by atoms with E-state index >= 15 is 0 Å². The predicted molar refractivity (Wildman–Crippen MR) is 96.2 cm³/mol. The lowest BCUT2D eigenvalue weighted by atomic mass is 10.1. The van der Waals surface area contributed by atoms with Gasteiger partial charge in [0, 0.05) is 38.3 Å². The number of hydrogen-bond acceptors (Lipinski definition) is 6. The summed E-state index contributed by atoms with van der Waals surface area (Å²) < 4.78 is 13.2. The fourth-order valence-corrected chi connectivity index (χ4v) is 3.51. The van der Waals surface area contributed by atoms with Crippen molar-refractivity contribution in [3.63, 3.8) is 0 Å². The van der Waals surface area contributed by atoms with Crippen LogP contribution < -0.4 is 11.1 Å². The highest BCUT2D eigenvalue weighted by Crippen LogP contribution is 2.33. The first-order chi connectivity index (χ1) is 12.3. The number of nitrogens with one attached hydrogen (secondary N) is 1. The maximum Gasteiger partial charge on any atom is 0.150 e. The van der Waals surface area contributed by atoms with Crippen LogP contribution in [0.1, 0.15) is 38.3 Å². The summed E-state index contributed by atoms with van der Waals surface area (Å²) in [4.78, 5) is 4.52. The first-order valence-electron chi connectivity index (χ1n) is 9.07. The molecule has 7 nitrogen and oxygen atoms in total. The molecule has 7 heteroatoms. The summed E-state index contributed by atoms with van der Waals surface area (Å²) in [5.41, 5.74) is 9.69. The molecule has 25 heavy (non-hydrogen) atoms. The second-order valence-corrected chi connectivity index (χ2v) is 6.63. The number of anilines is 2. The van der Waals surface area contributed by atoms with Crippen molar-refractivity contribution in [3.8, 4) is 11.4 Å². The van der Waals surface area contributed by atoms with Gasteiger partial charge in [0.1, 0.15) is 5.69 Å². The number of nitrogens with zero attached hydrogens (tertiary/aromatic N) is 3. The molecule has 3 N–H and O–H groups in total. The monoisotopic (exact) mass is 343 g/mol. The van der Waals surface area contributed by atoms with Gasteiger partial charge in [0.05, 0.1) is 17.1 Å². The van der Waals surface area contributed by atoms with Crippen LogP contribution in [0.25, 0.3) is 11.4 Å². The first kappa shape index (κ1) is 16.4. The summed E-state index contributed by atoms with van der Waals surface area (Å²) in [6.07, 6.45) is 8.76. The third-order valence-corrected chi connectivity index (χ3v) is 4.91. The van der Waals surface area contributed by atoms with Crippen molar-refractivity contribution in [3.05, 3.63) is 24.5 Å². The SMILES string of the molecule is Nc1c(NC2CCOCC2)ccnc1-c1ccnn1C1CCCCO1. The average molecular weight is 343 g/mol. The van der Waals surface area contributed by atoms with E-state index in [1.165, 1.54) is 0 Å². The van der Waals surface area contributed by atoms with Gasteiger partial charge in [0.15, 0.2) is 6.23 Å². The Hall–Kier alpha value is -2.12. The summed E-state index contributed by atoms with van der Waals surface area (Å²) in [5.74, 6) is 0. The topological polar surface area (TPSA) is 87.2 Å². The van der Waals surface area contributed by atoms with Crippen molar-refractivity contribution < 1.29 is 9.47 Å². The number of rotatable bonds is 4. The van der Waals surface area contributed by atoms with E-state index in [0.29, 0.717) is 11.7 Å². The molecule has 2 aliphatic rings. The van der Waals surface area contributed by atoms with Gasteiger partial charge in [0.2, 0.25) is 0 Å². The van der Waals surface area contributed by atoms with Gasteiger partial charge < -0.3 is 20.5 Å². The van der Waals surface area contributed by atoms with Gasteiger partial charge in [-0.05, 0) is 44.2 Å². The zero-order chi connectivity index (χ0) is 17.1. The van der Waals surface area contributed by atoms with Crippen LogP contribution in [0, 0.1) is 0 Å². The zero-order valence-corrected chi connectivity index (χ0v) is 14.4. The smallest absolute Gasteiger partial charge is 0.150 e. The van der Waals surface area contributed by atoms with Crippen LogP contribution in [0.5, 0.6) is 0 Å². The summed E-state index contributed by atoms with van der Waals surface area (Å²) >= 11 is 0. The third-order valence-electron chi connectivity index (χ3n) is 4.91. The van der Waals surface area contributed by atoms with Crippen LogP contribution in [0.15, 0.2) is 24.5 Å². The fourth-order valence-electron chi connectivity index (χ4n) is 3.51. The molecule has 2 fully saturated rings. The van der Waals surface area contributed by atoms with Crippen molar-refractivity contribution in [2.75, 3.05) is 30.9 Å². The van der Waals surface area contributed by atoms with Crippen LogP contribution >= 0.6 is 0 Å². The molecule has 0 aromatic carbocycles. The number of aromatic nitrogens is 3. The third kappa shape index (κ3) is 3.48. The van der Waals surface area contributed by atoms with E-state index in [0.717, 1.165) is 69.0 Å². The van der Waals surface area contributed by atoms with Gasteiger partial charge in [-0.25, -0.2) is 4.68 Å².